The van der Waals surface area contributed by atoms with Crippen molar-refractivity contribution in [2.75, 3.05) is 38.0 Å². The fourth-order valence-corrected chi connectivity index (χ4v) is 5.23. The first-order valence-corrected chi connectivity index (χ1v) is 12.2. The zero-order valence-corrected chi connectivity index (χ0v) is 18.6. The monoisotopic (exact) mass is 430 g/mol. The summed E-state index contributed by atoms with van der Waals surface area (Å²) in [4.78, 5) is 13.5. The maximum absolute atomic E-state index is 12.7. The molecule has 0 spiro atoms. The van der Waals surface area contributed by atoms with E-state index in [1.807, 2.05) is 42.5 Å². The first-order chi connectivity index (χ1) is 14.4. The minimum absolute atomic E-state index is 0.0241. The molecular weight excluding hydrogens is 398 g/mol. The van der Waals surface area contributed by atoms with E-state index in [9.17, 15) is 13.2 Å². The number of rotatable bonds is 8. The van der Waals surface area contributed by atoms with E-state index in [0.29, 0.717) is 38.6 Å². The molecule has 1 atom stereocenters. The van der Waals surface area contributed by atoms with Gasteiger partial charge in [-0.05, 0) is 35.6 Å². The van der Waals surface area contributed by atoms with E-state index in [1.54, 1.807) is 4.31 Å². The van der Waals surface area contributed by atoms with E-state index in [2.05, 4.69) is 31.3 Å². The van der Waals surface area contributed by atoms with Crippen molar-refractivity contribution >= 4 is 21.6 Å². The predicted octanol–water partition coefficient (Wildman–Crippen LogP) is 1.87. The quantitative estimate of drug-likeness (QED) is 0.672. The number of nitrogens with one attached hydrogen (secondary N) is 2. The topological polar surface area (TPSA) is 70.9 Å². The van der Waals surface area contributed by atoms with Crippen molar-refractivity contribution < 1.29 is 18.1 Å². The maximum atomic E-state index is 12.7. The Balaban J connectivity index is 1.46. The van der Waals surface area contributed by atoms with Crippen molar-refractivity contribution in [1.82, 2.24) is 4.31 Å². The summed E-state index contributed by atoms with van der Waals surface area (Å²) in [7, 11) is -3.33. The lowest BCUT2D eigenvalue weighted by Gasteiger charge is -2.31. The van der Waals surface area contributed by atoms with Crippen LogP contribution in [-0.2, 0) is 20.6 Å². The Morgan fingerprint density at radius 2 is 1.70 bits per heavy atom. The molecule has 0 unspecified atom stereocenters. The minimum Gasteiger partial charge on any atom is -0.325 e. The number of amides is 1. The molecule has 3 rings (SSSR count). The van der Waals surface area contributed by atoms with Gasteiger partial charge in [-0.1, -0.05) is 56.3 Å². The van der Waals surface area contributed by atoms with E-state index in [1.165, 1.54) is 5.56 Å². The summed E-state index contributed by atoms with van der Waals surface area (Å²) in [6.07, 6.45) is 1.09. The first-order valence-electron chi connectivity index (χ1n) is 10.6. The van der Waals surface area contributed by atoms with Gasteiger partial charge in [-0.25, -0.2) is 8.42 Å². The highest BCUT2D eigenvalue weighted by atomic mass is 32.2. The molecule has 7 heteroatoms. The van der Waals surface area contributed by atoms with Crippen molar-refractivity contribution in [3.63, 3.8) is 0 Å². The molecule has 1 amide bonds. The average molecular weight is 431 g/mol. The summed E-state index contributed by atoms with van der Waals surface area (Å²) in [6.45, 7) is 6.86. The van der Waals surface area contributed by atoms with Gasteiger partial charge in [0.15, 0.2) is 6.54 Å². The molecule has 1 heterocycles. The standard InChI is InChI=1S/C23H31N3O3S/c1-3-19(2)21-9-11-22(12-10-21)24-23(27)17-25-13-15-26(16-14-25)30(28,29)18-20-7-5-4-6-8-20/h4-12,19H,3,13-18H2,1-2H3,(H,24,27)/p+1/t19-/m0/s1. The Bertz CT molecular complexity index is 922. The minimum atomic E-state index is -3.33. The highest BCUT2D eigenvalue weighted by Crippen LogP contribution is 2.20. The number of carbonyl (C=O) groups excluding carboxylic acids is 1. The average Bonchev–Trinajstić information content (AvgIpc) is 2.74. The Kier molecular flexibility index (Phi) is 7.64. The second-order valence-electron chi connectivity index (χ2n) is 8.05. The number of nitrogens with zero attached hydrogens (tertiary/aromatic N) is 1. The van der Waals surface area contributed by atoms with Crippen LogP contribution in [0.4, 0.5) is 5.69 Å². The van der Waals surface area contributed by atoms with Crippen molar-refractivity contribution in [3.8, 4) is 0 Å². The van der Waals surface area contributed by atoms with Crippen LogP contribution >= 0.6 is 0 Å². The van der Waals surface area contributed by atoms with Crippen molar-refractivity contribution in [1.29, 1.82) is 0 Å². The van der Waals surface area contributed by atoms with Gasteiger partial charge in [0.1, 0.15) is 0 Å². The third-order valence-electron chi connectivity index (χ3n) is 5.80. The number of benzene rings is 2. The fourth-order valence-electron chi connectivity index (χ4n) is 3.70. The van der Waals surface area contributed by atoms with Crippen LogP contribution in [0.5, 0.6) is 0 Å². The summed E-state index contributed by atoms with van der Waals surface area (Å²) in [5, 5.41) is 2.96. The van der Waals surface area contributed by atoms with Crippen LogP contribution in [0.2, 0.25) is 0 Å². The summed E-state index contributed by atoms with van der Waals surface area (Å²) >= 11 is 0. The smallest absolute Gasteiger partial charge is 0.279 e. The fraction of sp³-hybridized carbons (Fsp3) is 0.435. The lowest BCUT2D eigenvalue weighted by molar-refractivity contribution is -0.895. The molecule has 1 saturated heterocycles. The molecule has 2 N–H and O–H groups in total. The number of hydrogen-bond acceptors (Lipinski definition) is 3. The molecule has 1 fully saturated rings. The molecule has 162 valence electrons. The van der Waals surface area contributed by atoms with Crippen LogP contribution in [0.3, 0.4) is 0 Å². The second kappa shape index (κ2) is 10.2. The highest BCUT2D eigenvalue weighted by Gasteiger charge is 2.30. The molecule has 0 aromatic heterocycles. The molecule has 0 saturated carbocycles. The van der Waals surface area contributed by atoms with Crippen LogP contribution < -0.4 is 10.2 Å². The zero-order valence-electron chi connectivity index (χ0n) is 17.8. The van der Waals surface area contributed by atoms with Gasteiger partial charge >= 0.3 is 0 Å². The van der Waals surface area contributed by atoms with Crippen molar-refractivity contribution in [2.45, 2.75) is 31.9 Å². The van der Waals surface area contributed by atoms with E-state index < -0.39 is 10.0 Å². The third kappa shape index (κ3) is 6.14. The maximum Gasteiger partial charge on any atom is 0.279 e. The van der Waals surface area contributed by atoms with Crippen molar-refractivity contribution in [3.05, 3.63) is 65.7 Å². The number of piperazine rings is 1. The molecule has 1 aliphatic rings. The molecule has 2 aromatic rings. The van der Waals surface area contributed by atoms with Crippen LogP contribution in [0.25, 0.3) is 0 Å². The van der Waals surface area contributed by atoms with Gasteiger partial charge in [0.25, 0.3) is 5.91 Å². The predicted molar refractivity (Wildman–Crippen MR) is 120 cm³/mol. The first kappa shape index (κ1) is 22.5. The number of quaternary nitrogens is 1. The van der Waals surface area contributed by atoms with Gasteiger partial charge in [0.2, 0.25) is 10.0 Å². The van der Waals surface area contributed by atoms with E-state index in [-0.39, 0.29) is 11.7 Å². The van der Waals surface area contributed by atoms with Gasteiger partial charge in [-0.3, -0.25) is 4.79 Å². The molecule has 30 heavy (non-hydrogen) atoms. The van der Waals surface area contributed by atoms with Crippen LogP contribution in [0.15, 0.2) is 54.6 Å². The van der Waals surface area contributed by atoms with Crippen LogP contribution in [0, 0.1) is 0 Å². The summed E-state index contributed by atoms with van der Waals surface area (Å²) in [6, 6.07) is 17.3. The number of sulfonamides is 1. The normalized spacial score (nSPS) is 16.9. The molecule has 0 radical (unpaired) electrons. The zero-order chi connectivity index (χ0) is 21.6. The highest BCUT2D eigenvalue weighted by molar-refractivity contribution is 7.88. The summed E-state index contributed by atoms with van der Waals surface area (Å²) in [5.74, 6) is 0.492. The molecule has 0 aliphatic carbocycles. The van der Waals surface area contributed by atoms with E-state index >= 15 is 0 Å². The van der Waals surface area contributed by atoms with Crippen LogP contribution in [0.1, 0.15) is 37.3 Å². The molecule has 0 bridgehead atoms. The van der Waals surface area contributed by atoms with Crippen LogP contribution in [-0.4, -0.2) is 51.4 Å². The van der Waals surface area contributed by atoms with Gasteiger partial charge < -0.3 is 10.2 Å². The lowest BCUT2D eigenvalue weighted by atomic mass is 9.99. The largest absolute Gasteiger partial charge is 0.325 e. The second-order valence-corrected chi connectivity index (χ2v) is 10.0. The van der Waals surface area contributed by atoms with Gasteiger partial charge in [0.05, 0.1) is 31.9 Å². The summed E-state index contributed by atoms with van der Waals surface area (Å²) < 4.78 is 26.9. The Morgan fingerprint density at radius 1 is 1.07 bits per heavy atom. The third-order valence-corrected chi connectivity index (χ3v) is 7.65. The number of anilines is 1. The van der Waals surface area contributed by atoms with Gasteiger partial charge in [0, 0.05) is 5.69 Å². The Hall–Kier alpha value is -2.22. The Morgan fingerprint density at radius 3 is 2.30 bits per heavy atom. The molecule has 2 aromatic carbocycles. The molecular formula is C23H32N3O3S+. The number of hydrogen-bond donors (Lipinski definition) is 2. The van der Waals surface area contributed by atoms with Gasteiger partial charge in [-0.15, -0.1) is 0 Å². The van der Waals surface area contributed by atoms with E-state index in [0.717, 1.165) is 22.6 Å². The van der Waals surface area contributed by atoms with Crippen molar-refractivity contribution in [2.24, 2.45) is 0 Å². The lowest BCUT2D eigenvalue weighted by Crippen LogP contribution is -3.15. The summed E-state index contributed by atoms with van der Waals surface area (Å²) in [5.41, 5.74) is 2.87. The number of carbonyl (C=O) groups is 1. The Labute approximate surface area is 179 Å². The molecule has 6 nitrogen and oxygen atoms in total. The SMILES string of the molecule is CC[C@H](C)c1ccc(NC(=O)C[NH+]2CCN(S(=O)(=O)Cc3ccccc3)CC2)cc1. The van der Waals surface area contributed by atoms with E-state index in [4.69, 9.17) is 0 Å². The van der Waals surface area contributed by atoms with Gasteiger partial charge in [-0.2, -0.15) is 4.31 Å². The molecule has 1 aliphatic heterocycles.